The van der Waals surface area contributed by atoms with Crippen LogP contribution in [-0.2, 0) is 20.7 Å². The molecule has 1 heterocycles. The highest BCUT2D eigenvalue weighted by Crippen LogP contribution is 2.20. The number of nitrogens with one attached hydrogen (secondary N) is 1. The van der Waals surface area contributed by atoms with Gasteiger partial charge in [0, 0.05) is 23.1 Å². The number of aliphatic carboxylic acids is 1. The van der Waals surface area contributed by atoms with Crippen LogP contribution in [0.1, 0.15) is 18.4 Å². The standard InChI is InChI=1S/C14H15Cl2NO4/c15-9-4-8(5-10(16)7-9)6-11(14(19)20)17-13(18)12-2-1-3-21-12/h4-5,7,11-12H,1-3,6H2,(H,17,18)(H,19,20)/t11?,12-/m0/s1. The molecule has 1 aliphatic heterocycles. The van der Waals surface area contributed by atoms with Crippen LogP contribution in [0.3, 0.4) is 0 Å². The summed E-state index contributed by atoms with van der Waals surface area (Å²) in [6, 6.07) is 3.77. The van der Waals surface area contributed by atoms with Crippen molar-refractivity contribution in [1.29, 1.82) is 0 Å². The maximum Gasteiger partial charge on any atom is 0.326 e. The number of carboxylic acid groups (broad SMARTS) is 1. The zero-order valence-corrected chi connectivity index (χ0v) is 12.7. The highest BCUT2D eigenvalue weighted by atomic mass is 35.5. The fourth-order valence-electron chi connectivity index (χ4n) is 2.21. The molecule has 1 amide bonds. The van der Waals surface area contributed by atoms with Gasteiger partial charge in [-0.1, -0.05) is 23.2 Å². The molecule has 21 heavy (non-hydrogen) atoms. The van der Waals surface area contributed by atoms with Gasteiger partial charge in [-0.05, 0) is 36.6 Å². The van der Waals surface area contributed by atoms with Gasteiger partial charge < -0.3 is 15.2 Å². The van der Waals surface area contributed by atoms with Gasteiger partial charge in [0.15, 0.2) is 0 Å². The smallest absolute Gasteiger partial charge is 0.326 e. The lowest BCUT2D eigenvalue weighted by atomic mass is 10.1. The molecule has 7 heteroatoms. The van der Waals surface area contributed by atoms with Gasteiger partial charge >= 0.3 is 5.97 Å². The van der Waals surface area contributed by atoms with Crippen LogP contribution in [0.2, 0.25) is 10.0 Å². The first-order valence-electron chi connectivity index (χ1n) is 6.55. The molecule has 1 aromatic rings. The Morgan fingerprint density at radius 2 is 2.00 bits per heavy atom. The first kappa shape index (κ1) is 16.1. The van der Waals surface area contributed by atoms with Gasteiger partial charge in [0.1, 0.15) is 12.1 Å². The van der Waals surface area contributed by atoms with E-state index in [1.807, 2.05) is 0 Å². The number of carboxylic acids is 1. The average molecular weight is 332 g/mol. The summed E-state index contributed by atoms with van der Waals surface area (Å²) in [5.74, 6) is -1.51. The number of halogens is 2. The van der Waals surface area contributed by atoms with E-state index in [-0.39, 0.29) is 6.42 Å². The van der Waals surface area contributed by atoms with Crippen molar-refractivity contribution in [3.63, 3.8) is 0 Å². The molecule has 0 radical (unpaired) electrons. The Bertz CT molecular complexity index is 524. The van der Waals surface area contributed by atoms with Crippen molar-refractivity contribution in [3.05, 3.63) is 33.8 Å². The number of benzene rings is 1. The largest absolute Gasteiger partial charge is 0.480 e. The van der Waals surface area contributed by atoms with Crippen molar-refractivity contribution in [2.45, 2.75) is 31.4 Å². The molecule has 5 nitrogen and oxygen atoms in total. The van der Waals surface area contributed by atoms with Gasteiger partial charge in [-0.25, -0.2) is 4.79 Å². The molecular formula is C14H15Cl2NO4. The molecule has 2 rings (SSSR count). The zero-order valence-electron chi connectivity index (χ0n) is 11.1. The number of carbonyl (C=O) groups is 2. The third kappa shape index (κ3) is 4.59. The molecule has 0 bridgehead atoms. The number of ether oxygens (including phenoxy) is 1. The molecule has 114 valence electrons. The van der Waals surface area contributed by atoms with Gasteiger partial charge in [-0.2, -0.15) is 0 Å². The molecule has 2 N–H and O–H groups in total. The van der Waals surface area contributed by atoms with Gasteiger partial charge in [0.2, 0.25) is 5.91 Å². The minimum atomic E-state index is -1.11. The van der Waals surface area contributed by atoms with E-state index in [9.17, 15) is 14.7 Å². The van der Waals surface area contributed by atoms with E-state index >= 15 is 0 Å². The first-order valence-corrected chi connectivity index (χ1v) is 7.31. The fourth-order valence-corrected chi connectivity index (χ4v) is 2.78. The van der Waals surface area contributed by atoms with Crippen LogP contribution in [0.5, 0.6) is 0 Å². The molecule has 1 aliphatic rings. The van der Waals surface area contributed by atoms with E-state index in [1.165, 1.54) is 0 Å². The quantitative estimate of drug-likeness (QED) is 0.867. The van der Waals surface area contributed by atoms with E-state index in [2.05, 4.69) is 5.32 Å². The fraction of sp³-hybridized carbons (Fsp3) is 0.429. The highest BCUT2D eigenvalue weighted by Gasteiger charge is 2.28. The van der Waals surface area contributed by atoms with E-state index in [0.717, 1.165) is 6.42 Å². The number of rotatable bonds is 5. The highest BCUT2D eigenvalue weighted by molar-refractivity contribution is 6.34. The van der Waals surface area contributed by atoms with Crippen molar-refractivity contribution >= 4 is 35.1 Å². The molecule has 0 aromatic heterocycles. The van der Waals surface area contributed by atoms with Crippen molar-refractivity contribution in [2.24, 2.45) is 0 Å². The third-order valence-electron chi connectivity index (χ3n) is 3.20. The average Bonchev–Trinajstić information content (AvgIpc) is 2.90. The maximum atomic E-state index is 11.9. The van der Waals surface area contributed by atoms with Crippen molar-refractivity contribution in [1.82, 2.24) is 5.32 Å². The van der Waals surface area contributed by atoms with Crippen LogP contribution in [0, 0.1) is 0 Å². The minimum Gasteiger partial charge on any atom is -0.480 e. The van der Waals surface area contributed by atoms with Crippen LogP contribution in [0.15, 0.2) is 18.2 Å². The molecule has 2 atom stereocenters. The topological polar surface area (TPSA) is 75.6 Å². The van der Waals surface area contributed by atoms with E-state index < -0.39 is 24.0 Å². The Balaban J connectivity index is 2.04. The first-order chi connectivity index (χ1) is 9.95. The normalized spacial score (nSPS) is 19.2. The number of hydrogen-bond acceptors (Lipinski definition) is 3. The number of hydrogen-bond donors (Lipinski definition) is 2. The van der Waals surface area contributed by atoms with Crippen LogP contribution in [0.4, 0.5) is 0 Å². The zero-order chi connectivity index (χ0) is 15.4. The van der Waals surface area contributed by atoms with Crippen molar-refractivity contribution in [3.8, 4) is 0 Å². The van der Waals surface area contributed by atoms with Crippen molar-refractivity contribution < 1.29 is 19.4 Å². The summed E-state index contributed by atoms with van der Waals surface area (Å²) in [4.78, 5) is 23.2. The molecule has 1 fully saturated rings. The molecule has 0 saturated carbocycles. The Kier molecular flexibility index (Phi) is 5.45. The maximum absolute atomic E-state index is 11.9. The predicted molar refractivity (Wildman–Crippen MR) is 78.7 cm³/mol. The molecule has 1 saturated heterocycles. The second-order valence-corrected chi connectivity index (χ2v) is 5.76. The lowest BCUT2D eigenvalue weighted by molar-refractivity contribution is -0.143. The SMILES string of the molecule is O=C(O)C(Cc1cc(Cl)cc(Cl)c1)NC(=O)[C@@H]1CCCO1. The number of amides is 1. The Hall–Kier alpha value is -1.30. The molecule has 0 spiro atoms. The van der Waals surface area contributed by atoms with Gasteiger partial charge in [0.25, 0.3) is 0 Å². The second-order valence-electron chi connectivity index (χ2n) is 4.88. The molecule has 1 unspecified atom stereocenters. The molecule has 0 aliphatic carbocycles. The van der Waals surface area contributed by atoms with E-state index in [1.54, 1.807) is 18.2 Å². The third-order valence-corrected chi connectivity index (χ3v) is 3.64. The van der Waals surface area contributed by atoms with Crippen LogP contribution < -0.4 is 5.32 Å². The van der Waals surface area contributed by atoms with Crippen LogP contribution in [-0.4, -0.2) is 35.7 Å². The Labute approximate surface area is 132 Å². The summed E-state index contributed by atoms with van der Waals surface area (Å²) >= 11 is 11.8. The summed E-state index contributed by atoms with van der Waals surface area (Å²) in [6.45, 7) is 0.528. The molecular weight excluding hydrogens is 317 g/mol. The molecule has 1 aromatic carbocycles. The van der Waals surface area contributed by atoms with Crippen LogP contribution >= 0.6 is 23.2 Å². The lowest BCUT2D eigenvalue weighted by Crippen LogP contribution is -2.46. The summed E-state index contributed by atoms with van der Waals surface area (Å²) in [6.07, 6.45) is 0.962. The summed E-state index contributed by atoms with van der Waals surface area (Å²) < 4.78 is 5.24. The lowest BCUT2D eigenvalue weighted by Gasteiger charge is -2.17. The second kappa shape index (κ2) is 7.11. The predicted octanol–water partition coefficient (Wildman–Crippen LogP) is 2.28. The van der Waals surface area contributed by atoms with Gasteiger partial charge in [0.05, 0.1) is 0 Å². The number of carbonyl (C=O) groups excluding carboxylic acids is 1. The Morgan fingerprint density at radius 3 is 2.52 bits per heavy atom. The van der Waals surface area contributed by atoms with Crippen LogP contribution in [0.25, 0.3) is 0 Å². The monoisotopic (exact) mass is 331 g/mol. The summed E-state index contributed by atoms with van der Waals surface area (Å²) in [5, 5.41) is 12.6. The summed E-state index contributed by atoms with van der Waals surface area (Å²) in [5.41, 5.74) is 0.646. The minimum absolute atomic E-state index is 0.105. The Morgan fingerprint density at radius 1 is 1.33 bits per heavy atom. The van der Waals surface area contributed by atoms with E-state index in [0.29, 0.717) is 28.6 Å². The summed E-state index contributed by atoms with van der Waals surface area (Å²) in [7, 11) is 0. The van der Waals surface area contributed by atoms with Gasteiger partial charge in [-0.3, -0.25) is 4.79 Å². The van der Waals surface area contributed by atoms with E-state index in [4.69, 9.17) is 27.9 Å². The van der Waals surface area contributed by atoms with Crippen molar-refractivity contribution in [2.75, 3.05) is 6.61 Å². The van der Waals surface area contributed by atoms with Gasteiger partial charge in [-0.15, -0.1) is 0 Å².